The number of hydrogen-bond donors (Lipinski definition) is 0. The van der Waals surface area contributed by atoms with E-state index < -0.39 is 0 Å². The summed E-state index contributed by atoms with van der Waals surface area (Å²) in [4.78, 5) is 11.4. The van der Waals surface area contributed by atoms with Crippen molar-refractivity contribution < 1.29 is 9.53 Å². The normalized spacial score (nSPS) is 50.7. The summed E-state index contributed by atoms with van der Waals surface area (Å²) in [7, 11) is 0. The molecule has 0 aliphatic heterocycles. The van der Waals surface area contributed by atoms with Crippen LogP contribution in [0.1, 0.15) is 92.4 Å². The SMILES string of the molecule is CC(=O)O[C@@H]1CC[C@]2(C)C3CC[C@]4(C)[C@@H](C(C)C)CC[C@H]4C3CC[C@H]2C1. The summed E-state index contributed by atoms with van der Waals surface area (Å²) in [5.74, 6) is 5.32. The van der Waals surface area contributed by atoms with E-state index in [-0.39, 0.29) is 12.1 Å². The second-order valence-electron chi connectivity index (χ2n) is 11.1. The zero-order valence-corrected chi connectivity index (χ0v) is 17.7. The molecule has 4 fully saturated rings. The maximum atomic E-state index is 11.4. The van der Waals surface area contributed by atoms with E-state index in [9.17, 15) is 4.79 Å². The minimum absolute atomic E-state index is 0.0913. The molecule has 0 aromatic heterocycles. The van der Waals surface area contributed by atoms with Crippen LogP contribution in [0.25, 0.3) is 0 Å². The minimum atomic E-state index is -0.0913. The Morgan fingerprint density at radius 1 is 0.923 bits per heavy atom. The Labute approximate surface area is 160 Å². The monoisotopic (exact) mass is 360 g/mol. The van der Waals surface area contributed by atoms with E-state index in [4.69, 9.17) is 4.74 Å². The maximum Gasteiger partial charge on any atom is 0.302 e. The lowest BCUT2D eigenvalue weighted by Gasteiger charge is -2.61. The van der Waals surface area contributed by atoms with Crippen LogP contribution < -0.4 is 0 Å². The smallest absolute Gasteiger partial charge is 0.302 e. The molecule has 4 aliphatic carbocycles. The molecule has 4 aliphatic rings. The van der Waals surface area contributed by atoms with Crippen LogP contribution in [0.5, 0.6) is 0 Å². The summed E-state index contributed by atoms with van der Waals surface area (Å²) in [6.07, 6.45) is 12.3. The summed E-state index contributed by atoms with van der Waals surface area (Å²) in [6.45, 7) is 11.7. The van der Waals surface area contributed by atoms with Crippen molar-refractivity contribution in [3.05, 3.63) is 0 Å². The van der Waals surface area contributed by atoms with Crippen molar-refractivity contribution in [1.82, 2.24) is 0 Å². The molecule has 26 heavy (non-hydrogen) atoms. The molecule has 0 spiro atoms. The summed E-state index contributed by atoms with van der Waals surface area (Å²) < 4.78 is 5.61. The van der Waals surface area contributed by atoms with Crippen molar-refractivity contribution in [2.24, 2.45) is 46.3 Å². The van der Waals surface area contributed by atoms with Crippen LogP contribution in [0, 0.1) is 46.3 Å². The molecule has 8 atom stereocenters. The molecule has 148 valence electrons. The fraction of sp³-hybridized carbons (Fsp3) is 0.958. The van der Waals surface area contributed by atoms with Crippen molar-refractivity contribution in [3.63, 3.8) is 0 Å². The fourth-order valence-corrected chi connectivity index (χ4v) is 8.70. The average molecular weight is 361 g/mol. The molecule has 0 amide bonds. The molecule has 0 aromatic carbocycles. The van der Waals surface area contributed by atoms with E-state index in [1.807, 2.05) is 0 Å². The van der Waals surface area contributed by atoms with Gasteiger partial charge in [-0.1, -0.05) is 27.7 Å². The lowest BCUT2D eigenvalue weighted by molar-refractivity contribution is -0.160. The Bertz CT molecular complexity index is 554. The summed E-state index contributed by atoms with van der Waals surface area (Å²) in [6, 6.07) is 0. The summed E-state index contributed by atoms with van der Waals surface area (Å²) in [5, 5.41) is 0. The van der Waals surface area contributed by atoms with Crippen molar-refractivity contribution in [2.45, 2.75) is 98.5 Å². The van der Waals surface area contributed by atoms with Gasteiger partial charge in [-0.15, -0.1) is 0 Å². The standard InChI is InChI=1S/C24H40O2/c1-15(2)20-8-9-21-19-7-6-17-14-18(26-16(3)25)10-12-23(17,4)22(19)11-13-24(20,21)5/h15,17-22H,6-14H2,1-5H3/t17-,18+,19?,20+,21-,22?,23-,24+/m0/s1. The molecule has 0 N–H and O–H groups in total. The van der Waals surface area contributed by atoms with Crippen molar-refractivity contribution in [2.75, 3.05) is 0 Å². The highest BCUT2D eigenvalue weighted by atomic mass is 16.5. The van der Waals surface area contributed by atoms with Crippen molar-refractivity contribution in [1.29, 1.82) is 0 Å². The third-order valence-corrected chi connectivity index (χ3v) is 9.83. The van der Waals surface area contributed by atoms with Gasteiger partial charge < -0.3 is 4.74 Å². The van der Waals surface area contributed by atoms with Crippen LogP contribution in [0.3, 0.4) is 0 Å². The van der Waals surface area contributed by atoms with Gasteiger partial charge in [0.1, 0.15) is 6.10 Å². The number of carbonyl (C=O) groups is 1. The number of rotatable bonds is 2. The predicted molar refractivity (Wildman–Crippen MR) is 106 cm³/mol. The Hall–Kier alpha value is -0.530. The number of hydrogen-bond acceptors (Lipinski definition) is 2. The van der Waals surface area contributed by atoms with E-state index in [0.29, 0.717) is 10.8 Å². The minimum Gasteiger partial charge on any atom is -0.463 e. The number of fused-ring (bicyclic) bond motifs is 5. The summed E-state index contributed by atoms with van der Waals surface area (Å²) in [5.41, 5.74) is 1.10. The van der Waals surface area contributed by atoms with E-state index in [1.54, 1.807) is 6.92 Å². The number of esters is 1. The molecule has 4 saturated carbocycles. The van der Waals surface area contributed by atoms with Gasteiger partial charge in [0.2, 0.25) is 0 Å². The largest absolute Gasteiger partial charge is 0.463 e. The number of carbonyl (C=O) groups excluding carboxylic acids is 1. The maximum absolute atomic E-state index is 11.4. The van der Waals surface area contributed by atoms with E-state index >= 15 is 0 Å². The van der Waals surface area contributed by atoms with Crippen LogP contribution in [-0.4, -0.2) is 12.1 Å². The van der Waals surface area contributed by atoms with Gasteiger partial charge in [0.25, 0.3) is 0 Å². The van der Waals surface area contributed by atoms with E-state index in [0.717, 1.165) is 48.3 Å². The molecule has 2 nitrogen and oxygen atoms in total. The molecule has 0 aromatic rings. The van der Waals surface area contributed by atoms with Crippen LogP contribution in [0.4, 0.5) is 0 Å². The van der Waals surface area contributed by atoms with Gasteiger partial charge >= 0.3 is 5.97 Å². The highest BCUT2D eigenvalue weighted by Gasteiger charge is 2.60. The van der Waals surface area contributed by atoms with Gasteiger partial charge in [0, 0.05) is 6.92 Å². The molecular weight excluding hydrogens is 320 g/mol. The van der Waals surface area contributed by atoms with Gasteiger partial charge in [0.15, 0.2) is 0 Å². The molecule has 0 heterocycles. The Balaban J connectivity index is 1.53. The first-order valence-corrected chi connectivity index (χ1v) is 11.4. The van der Waals surface area contributed by atoms with Gasteiger partial charge in [-0.05, 0) is 104 Å². The first kappa shape index (κ1) is 18.8. The Morgan fingerprint density at radius 2 is 1.62 bits per heavy atom. The third kappa shape index (κ3) is 2.76. The quantitative estimate of drug-likeness (QED) is 0.545. The zero-order valence-electron chi connectivity index (χ0n) is 17.7. The molecule has 0 radical (unpaired) electrons. The topological polar surface area (TPSA) is 26.3 Å². The lowest BCUT2D eigenvalue weighted by atomic mass is 9.44. The van der Waals surface area contributed by atoms with E-state index in [1.165, 1.54) is 44.9 Å². The van der Waals surface area contributed by atoms with Crippen LogP contribution in [0.15, 0.2) is 0 Å². The summed E-state index contributed by atoms with van der Waals surface area (Å²) >= 11 is 0. The van der Waals surface area contributed by atoms with Crippen molar-refractivity contribution >= 4 is 5.97 Å². The average Bonchev–Trinajstić information content (AvgIpc) is 2.92. The highest BCUT2D eigenvalue weighted by molar-refractivity contribution is 5.66. The predicted octanol–water partition coefficient (Wildman–Crippen LogP) is 6.23. The molecule has 0 saturated heterocycles. The zero-order chi connectivity index (χ0) is 18.7. The van der Waals surface area contributed by atoms with E-state index in [2.05, 4.69) is 27.7 Å². The van der Waals surface area contributed by atoms with Crippen LogP contribution >= 0.6 is 0 Å². The molecule has 4 rings (SSSR count). The second-order valence-corrected chi connectivity index (χ2v) is 11.1. The fourth-order valence-electron chi connectivity index (χ4n) is 8.70. The van der Waals surface area contributed by atoms with Crippen LogP contribution in [-0.2, 0) is 9.53 Å². The Morgan fingerprint density at radius 3 is 2.31 bits per heavy atom. The Kier molecular flexibility index (Phi) is 4.72. The molecule has 2 unspecified atom stereocenters. The lowest BCUT2D eigenvalue weighted by Crippen LogP contribution is -2.54. The second kappa shape index (κ2) is 6.52. The van der Waals surface area contributed by atoms with Gasteiger partial charge in [-0.3, -0.25) is 4.79 Å². The number of ether oxygens (including phenoxy) is 1. The first-order chi connectivity index (χ1) is 12.3. The molecule has 0 bridgehead atoms. The molecule has 2 heteroatoms. The van der Waals surface area contributed by atoms with Crippen molar-refractivity contribution in [3.8, 4) is 0 Å². The third-order valence-electron chi connectivity index (χ3n) is 9.83. The van der Waals surface area contributed by atoms with Gasteiger partial charge in [-0.25, -0.2) is 0 Å². The molecular formula is C24H40O2. The van der Waals surface area contributed by atoms with Crippen LogP contribution in [0.2, 0.25) is 0 Å². The first-order valence-electron chi connectivity index (χ1n) is 11.4. The van der Waals surface area contributed by atoms with Gasteiger partial charge in [0.05, 0.1) is 0 Å². The van der Waals surface area contributed by atoms with Gasteiger partial charge in [-0.2, -0.15) is 0 Å². The highest BCUT2D eigenvalue weighted by Crippen LogP contribution is 2.68.